The number of halogens is 2. The molecular weight excluding hydrogens is 313 g/mol. The molecule has 96 valence electrons. The van der Waals surface area contributed by atoms with Crippen LogP contribution in [0.3, 0.4) is 0 Å². The number of sulfonamides is 1. The summed E-state index contributed by atoms with van der Waals surface area (Å²) in [5, 5.41) is 8.79. The number of likely N-dealkylation sites (N-methyl/N-ethyl adjacent to an activating group) is 1. The number of aliphatic hydroxyl groups is 1. The first-order valence-electron chi connectivity index (χ1n) is 4.99. The molecule has 1 N–H and O–H groups in total. The molecule has 0 fully saturated rings. The van der Waals surface area contributed by atoms with Crippen molar-refractivity contribution < 1.29 is 17.9 Å². The van der Waals surface area contributed by atoms with Gasteiger partial charge in [0, 0.05) is 17.6 Å². The molecule has 0 spiro atoms. The van der Waals surface area contributed by atoms with Gasteiger partial charge in [-0.25, -0.2) is 12.8 Å². The summed E-state index contributed by atoms with van der Waals surface area (Å²) in [6, 6.07) is 3.73. The monoisotopic (exact) mass is 325 g/mol. The maximum atomic E-state index is 13.5. The number of benzene rings is 1. The molecule has 1 aromatic rings. The fourth-order valence-electron chi connectivity index (χ4n) is 1.37. The van der Waals surface area contributed by atoms with Gasteiger partial charge in [-0.3, -0.25) is 0 Å². The van der Waals surface area contributed by atoms with Gasteiger partial charge < -0.3 is 5.11 Å². The van der Waals surface area contributed by atoms with E-state index < -0.39 is 15.8 Å². The normalized spacial score (nSPS) is 12.1. The van der Waals surface area contributed by atoms with Crippen LogP contribution in [0.15, 0.2) is 27.6 Å². The van der Waals surface area contributed by atoms with Crippen LogP contribution < -0.4 is 0 Å². The molecule has 0 saturated carbocycles. The summed E-state index contributed by atoms with van der Waals surface area (Å²) in [5.74, 6) is -0.801. The summed E-state index contributed by atoms with van der Waals surface area (Å²) in [6.45, 7) is 1.45. The van der Waals surface area contributed by atoms with Gasteiger partial charge in [0.05, 0.1) is 6.61 Å². The van der Waals surface area contributed by atoms with Crippen molar-refractivity contribution in [2.45, 2.75) is 11.8 Å². The average Bonchev–Trinajstić information content (AvgIpc) is 2.28. The lowest BCUT2D eigenvalue weighted by Gasteiger charge is -2.19. The number of hydrogen-bond acceptors (Lipinski definition) is 3. The highest BCUT2D eigenvalue weighted by Gasteiger charge is 2.26. The second kappa shape index (κ2) is 5.90. The molecule has 0 aliphatic carbocycles. The quantitative estimate of drug-likeness (QED) is 0.894. The summed E-state index contributed by atoms with van der Waals surface area (Å²) in [5.41, 5.74) is 0. The Hall–Kier alpha value is -0.500. The van der Waals surface area contributed by atoms with E-state index in [1.165, 1.54) is 12.1 Å². The molecule has 4 nitrogen and oxygen atoms in total. The SMILES string of the molecule is CCN(CCO)S(=O)(=O)c1cc(Br)ccc1F. The molecule has 0 atom stereocenters. The van der Waals surface area contributed by atoms with Crippen molar-refractivity contribution in [3.8, 4) is 0 Å². The van der Waals surface area contributed by atoms with Crippen molar-refractivity contribution in [3.05, 3.63) is 28.5 Å². The van der Waals surface area contributed by atoms with Crippen LogP contribution in [-0.4, -0.2) is 37.5 Å². The smallest absolute Gasteiger partial charge is 0.246 e. The predicted octanol–water partition coefficient (Wildman–Crippen LogP) is 1.59. The fraction of sp³-hybridized carbons (Fsp3) is 0.400. The first kappa shape index (κ1) is 14.6. The van der Waals surface area contributed by atoms with Crippen LogP contribution in [0.2, 0.25) is 0 Å². The van der Waals surface area contributed by atoms with Gasteiger partial charge >= 0.3 is 0 Å². The fourth-order valence-corrected chi connectivity index (χ4v) is 3.42. The van der Waals surface area contributed by atoms with E-state index in [9.17, 15) is 12.8 Å². The zero-order valence-electron chi connectivity index (χ0n) is 9.23. The third-order valence-electron chi connectivity index (χ3n) is 2.21. The molecule has 0 bridgehead atoms. The van der Waals surface area contributed by atoms with Crippen LogP contribution in [0, 0.1) is 5.82 Å². The van der Waals surface area contributed by atoms with E-state index in [1.807, 2.05) is 0 Å². The van der Waals surface area contributed by atoms with Crippen LogP contribution in [0.25, 0.3) is 0 Å². The van der Waals surface area contributed by atoms with Crippen molar-refractivity contribution in [2.24, 2.45) is 0 Å². The summed E-state index contributed by atoms with van der Waals surface area (Å²) >= 11 is 3.10. The van der Waals surface area contributed by atoms with Gasteiger partial charge in [-0.05, 0) is 18.2 Å². The highest BCUT2D eigenvalue weighted by molar-refractivity contribution is 9.10. The van der Waals surface area contributed by atoms with Gasteiger partial charge in [-0.15, -0.1) is 0 Å². The van der Waals surface area contributed by atoms with Gasteiger partial charge in [0.2, 0.25) is 10.0 Å². The standard InChI is InChI=1S/C10H13BrFNO3S/c1-2-13(5-6-14)17(15,16)10-7-8(11)3-4-9(10)12/h3-4,7,14H,2,5-6H2,1H3. The van der Waals surface area contributed by atoms with E-state index >= 15 is 0 Å². The lowest BCUT2D eigenvalue weighted by molar-refractivity contribution is 0.256. The summed E-state index contributed by atoms with van der Waals surface area (Å²) in [7, 11) is -3.90. The minimum atomic E-state index is -3.90. The minimum Gasteiger partial charge on any atom is -0.395 e. The third kappa shape index (κ3) is 3.25. The molecule has 7 heteroatoms. The molecule has 17 heavy (non-hydrogen) atoms. The van der Waals surface area contributed by atoms with Crippen LogP contribution in [0.5, 0.6) is 0 Å². The lowest BCUT2D eigenvalue weighted by Crippen LogP contribution is -2.33. The van der Waals surface area contributed by atoms with E-state index in [0.717, 1.165) is 10.4 Å². The summed E-state index contributed by atoms with van der Waals surface area (Å²) in [6.07, 6.45) is 0. The second-order valence-electron chi connectivity index (χ2n) is 3.30. The van der Waals surface area contributed by atoms with E-state index in [0.29, 0.717) is 4.47 Å². The maximum Gasteiger partial charge on any atom is 0.246 e. The molecule has 1 aromatic carbocycles. The van der Waals surface area contributed by atoms with Crippen LogP contribution in [0.4, 0.5) is 4.39 Å². The lowest BCUT2D eigenvalue weighted by atomic mass is 10.3. The van der Waals surface area contributed by atoms with Crippen LogP contribution >= 0.6 is 15.9 Å². The Morgan fingerprint density at radius 2 is 2.12 bits per heavy atom. The summed E-state index contributed by atoms with van der Waals surface area (Å²) < 4.78 is 39.2. The van der Waals surface area contributed by atoms with Gasteiger partial charge in [0.1, 0.15) is 10.7 Å². The Labute approximate surface area is 108 Å². The Morgan fingerprint density at radius 3 is 2.65 bits per heavy atom. The largest absolute Gasteiger partial charge is 0.395 e. The zero-order valence-corrected chi connectivity index (χ0v) is 11.6. The minimum absolute atomic E-state index is 0.0508. The molecule has 0 aromatic heterocycles. The van der Waals surface area contributed by atoms with Gasteiger partial charge in [0.25, 0.3) is 0 Å². The number of aliphatic hydroxyl groups excluding tert-OH is 1. The van der Waals surface area contributed by atoms with E-state index in [-0.39, 0.29) is 24.6 Å². The van der Waals surface area contributed by atoms with Crippen molar-refractivity contribution in [3.63, 3.8) is 0 Å². The first-order valence-corrected chi connectivity index (χ1v) is 7.22. The van der Waals surface area contributed by atoms with Gasteiger partial charge in [-0.1, -0.05) is 22.9 Å². The Balaban J connectivity index is 3.24. The topological polar surface area (TPSA) is 57.6 Å². The van der Waals surface area contributed by atoms with E-state index in [2.05, 4.69) is 15.9 Å². The molecule has 0 unspecified atom stereocenters. The van der Waals surface area contributed by atoms with Crippen molar-refractivity contribution >= 4 is 26.0 Å². The molecule has 0 aliphatic heterocycles. The van der Waals surface area contributed by atoms with Crippen molar-refractivity contribution in [2.75, 3.05) is 19.7 Å². The Morgan fingerprint density at radius 1 is 1.47 bits per heavy atom. The van der Waals surface area contributed by atoms with E-state index in [4.69, 9.17) is 5.11 Å². The van der Waals surface area contributed by atoms with Crippen LogP contribution in [-0.2, 0) is 10.0 Å². The second-order valence-corrected chi connectivity index (χ2v) is 6.12. The number of nitrogens with zero attached hydrogens (tertiary/aromatic N) is 1. The highest BCUT2D eigenvalue weighted by atomic mass is 79.9. The van der Waals surface area contributed by atoms with E-state index in [1.54, 1.807) is 6.92 Å². The Bertz CT molecular complexity index is 492. The number of hydrogen-bond donors (Lipinski definition) is 1. The number of rotatable bonds is 5. The molecule has 0 radical (unpaired) electrons. The zero-order chi connectivity index (χ0) is 13.1. The summed E-state index contributed by atoms with van der Waals surface area (Å²) in [4.78, 5) is -0.387. The first-order chi connectivity index (χ1) is 7.93. The highest BCUT2D eigenvalue weighted by Crippen LogP contribution is 2.23. The van der Waals surface area contributed by atoms with Crippen LogP contribution in [0.1, 0.15) is 6.92 Å². The molecule has 0 amide bonds. The molecule has 1 rings (SSSR count). The molecule has 0 saturated heterocycles. The third-order valence-corrected chi connectivity index (χ3v) is 4.70. The molecular formula is C10H13BrFNO3S. The van der Waals surface area contributed by atoms with Crippen molar-refractivity contribution in [1.29, 1.82) is 0 Å². The van der Waals surface area contributed by atoms with Gasteiger partial charge in [0.15, 0.2) is 0 Å². The maximum absolute atomic E-state index is 13.5. The predicted molar refractivity (Wildman–Crippen MR) is 65.6 cm³/mol. The average molecular weight is 326 g/mol. The Kier molecular flexibility index (Phi) is 5.05. The van der Waals surface area contributed by atoms with Crippen molar-refractivity contribution in [1.82, 2.24) is 4.31 Å². The molecule has 0 aliphatic rings. The molecule has 0 heterocycles. The van der Waals surface area contributed by atoms with Gasteiger partial charge in [-0.2, -0.15) is 4.31 Å².